The van der Waals surface area contributed by atoms with Crippen molar-refractivity contribution in [2.24, 2.45) is 0 Å². The van der Waals surface area contributed by atoms with Gasteiger partial charge in [-0.2, -0.15) is 0 Å². The second-order valence-electron chi connectivity index (χ2n) is 7.33. The topological polar surface area (TPSA) is 69.7 Å². The third kappa shape index (κ3) is 4.20. The van der Waals surface area contributed by atoms with E-state index in [0.29, 0.717) is 17.8 Å². The number of quaternary nitrogens is 1. The Balaban J connectivity index is 0.00000243. The molecular weight excluding hydrogens is 376 g/mol. The van der Waals surface area contributed by atoms with Crippen LogP contribution in [0.2, 0.25) is 0 Å². The molecule has 26 heavy (non-hydrogen) atoms. The first-order chi connectivity index (χ1) is 11.7. The summed E-state index contributed by atoms with van der Waals surface area (Å²) in [5, 5.41) is 2.89. The molecule has 3 fully saturated rings. The molecule has 3 heterocycles. The van der Waals surface area contributed by atoms with Crippen LogP contribution in [0, 0.1) is 6.92 Å². The number of benzene rings is 1. The highest BCUT2D eigenvalue weighted by Crippen LogP contribution is 2.23. The van der Waals surface area contributed by atoms with E-state index in [1.54, 1.807) is 25.1 Å². The Kier molecular flexibility index (Phi) is 6.35. The van der Waals surface area contributed by atoms with Gasteiger partial charge in [0.2, 0.25) is 10.0 Å². The molecule has 0 atom stereocenters. The molecule has 0 aliphatic carbocycles. The van der Waals surface area contributed by atoms with Crippen molar-refractivity contribution in [1.82, 2.24) is 9.21 Å². The van der Waals surface area contributed by atoms with Gasteiger partial charge in [0.15, 0.2) is 6.54 Å². The molecule has 1 amide bonds. The van der Waals surface area contributed by atoms with E-state index in [4.69, 9.17) is 0 Å². The van der Waals surface area contributed by atoms with E-state index in [1.807, 2.05) is 0 Å². The Bertz CT molecular complexity index is 760. The summed E-state index contributed by atoms with van der Waals surface area (Å²) in [5.41, 5.74) is 1.20. The lowest BCUT2D eigenvalue weighted by Crippen LogP contribution is -3.00. The minimum Gasteiger partial charge on any atom is -1.00 e. The molecule has 3 aliphatic heterocycles. The minimum atomic E-state index is -3.53. The zero-order chi connectivity index (χ0) is 18.2. The first kappa shape index (κ1) is 21.1. The van der Waals surface area contributed by atoms with Crippen LogP contribution < -0.4 is 17.7 Å². The van der Waals surface area contributed by atoms with Gasteiger partial charge in [0.25, 0.3) is 5.91 Å². The van der Waals surface area contributed by atoms with Gasteiger partial charge < -0.3 is 22.2 Å². The van der Waals surface area contributed by atoms with Crippen molar-refractivity contribution in [1.29, 1.82) is 0 Å². The van der Waals surface area contributed by atoms with Gasteiger partial charge in [0.1, 0.15) is 0 Å². The van der Waals surface area contributed by atoms with Gasteiger partial charge in [-0.3, -0.25) is 9.69 Å². The van der Waals surface area contributed by atoms with Gasteiger partial charge in [-0.15, -0.1) is 0 Å². The van der Waals surface area contributed by atoms with Crippen LogP contribution in [0.4, 0.5) is 5.69 Å². The average molecular weight is 403 g/mol. The molecule has 1 aromatic rings. The summed E-state index contributed by atoms with van der Waals surface area (Å²) < 4.78 is 26.9. The molecular formula is C17H27ClN4O3S. The number of hydrogen-bond donors (Lipinski definition) is 1. The fraction of sp³-hybridized carbons (Fsp3) is 0.588. The number of aryl methyl sites for hydroxylation is 1. The molecule has 1 aromatic carbocycles. The summed E-state index contributed by atoms with van der Waals surface area (Å²) in [4.78, 5) is 15.2. The summed E-state index contributed by atoms with van der Waals surface area (Å²) >= 11 is 0. The predicted molar refractivity (Wildman–Crippen MR) is 96.8 cm³/mol. The average Bonchev–Trinajstić information content (AvgIpc) is 2.57. The molecule has 4 rings (SSSR count). The van der Waals surface area contributed by atoms with E-state index in [2.05, 4.69) is 10.2 Å². The van der Waals surface area contributed by atoms with E-state index in [-0.39, 0.29) is 23.2 Å². The molecule has 0 radical (unpaired) electrons. The number of nitrogens with zero attached hydrogens (tertiary/aromatic N) is 3. The lowest BCUT2D eigenvalue weighted by Gasteiger charge is -2.50. The number of hydrogen-bond acceptors (Lipinski definition) is 4. The van der Waals surface area contributed by atoms with Crippen LogP contribution in [0.25, 0.3) is 0 Å². The molecule has 3 aliphatic rings. The Morgan fingerprint density at radius 3 is 2.31 bits per heavy atom. The molecule has 0 unspecified atom stereocenters. The summed E-state index contributed by atoms with van der Waals surface area (Å²) in [7, 11) is -0.519. The minimum absolute atomic E-state index is 0. The molecule has 2 bridgehead atoms. The lowest BCUT2D eigenvalue weighted by molar-refractivity contribution is -0.933. The monoisotopic (exact) mass is 402 g/mol. The van der Waals surface area contributed by atoms with E-state index >= 15 is 0 Å². The number of piperazine rings is 3. The van der Waals surface area contributed by atoms with Gasteiger partial charge in [-0.05, 0) is 24.6 Å². The highest BCUT2D eigenvalue weighted by molar-refractivity contribution is 7.89. The maximum atomic E-state index is 12.5. The van der Waals surface area contributed by atoms with Crippen molar-refractivity contribution < 1.29 is 30.1 Å². The molecule has 1 N–H and O–H groups in total. The third-order valence-electron chi connectivity index (χ3n) is 5.38. The standard InChI is InChI=1S/C17H26N4O3S.ClH/c1-14-4-5-15(12-16(14)25(23,24)19(2)3)18-17(22)13-21-9-6-20(7-10-21)8-11-21;/h4-5,12H,6-11,13H2,1-3H3;1H. The number of carbonyl (C=O) groups excluding carboxylic acids is 1. The molecule has 0 saturated carbocycles. The second kappa shape index (κ2) is 7.82. The fourth-order valence-electron chi connectivity index (χ4n) is 3.63. The molecule has 9 heteroatoms. The molecule has 0 aromatic heterocycles. The molecule has 0 spiro atoms. The van der Waals surface area contributed by atoms with Crippen LogP contribution >= 0.6 is 0 Å². The van der Waals surface area contributed by atoms with Crippen molar-refractivity contribution in [3.05, 3.63) is 23.8 Å². The van der Waals surface area contributed by atoms with Crippen molar-refractivity contribution in [2.75, 3.05) is 65.2 Å². The highest BCUT2D eigenvalue weighted by Gasteiger charge is 2.39. The van der Waals surface area contributed by atoms with Crippen molar-refractivity contribution in [3.8, 4) is 0 Å². The van der Waals surface area contributed by atoms with Crippen molar-refractivity contribution in [2.45, 2.75) is 11.8 Å². The van der Waals surface area contributed by atoms with Crippen LogP contribution in [-0.2, 0) is 14.8 Å². The summed E-state index contributed by atoms with van der Waals surface area (Å²) in [6, 6.07) is 5.05. The predicted octanol–water partition coefficient (Wildman–Crippen LogP) is -2.67. The van der Waals surface area contributed by atoms with Crippen LogP contribution in [0.5, 0.6) is 0 Å². The van der Waals surface area contributed by atoms with Crippen molar-refractivity contribution in [3.63, 3.8) is 0 Å². The first-order valence-electron chi connectivity index (χ1n) is 8.62. The van der Waals surface area contributed by atoms with Gasteiger partial charge in [0.05, 0.1) is 24.5 Å². The highest BCUT2D eigenvalue weighted by atomic mass is 35.5. The number of anilines is 1. The molecule has 7 nitrogen and oxygen atoms in total. The number of carbonyl (C=O) groups is 1. The number of halogens is 1. The largest absolute Gasteiger partial charge is 1.00 e. The first-order valence-corrected chi connectivity index (χ1v) is 10.1. The van der Waals surface area contributed by atoms with E-state index < -0.39 is 10.0 Å². The summed E-state index contributed by atoms with van der Waals surface area (Å²) in [6.45, 7) is 8.44. The summed E-state index contributed by atoms with van der Waals surface area (Å²) in [6.07, 6.45) is 0. The number of rotatable bonds is 5. The van der Waals surface area contributed by atoms with E-state index in [0.717, 1.165) is 43.8 Å². The molecule has 3 saturated heterocycles. The maximum absolute atomic E-state index is 12.5. The fourth-order valence-corrected chi connectivity index (χ4v) is 4.77. The van der Waals surface area contributed by atoms with Gasteiger partial charge in [-0.25, -0.2) is 12.7 Å². The maximum Gasteiger partial charge on any atom is 0.279 e. The normalized spacial score (nSPS) is 25.0. The third-order valence-corrected chi connectivity index (χ3v) is 7.34. The van der Waals surface area contributed by atoms with Crippen molar-refractivity contribution >= 4 is 21.6 Å². The Hall–Kier alpha value is -1.19. The zero-order valence-corrected chi connectivity index (χ0v) is 17.1. The smallest absolute Gasteiger partial charge is 0.279 e. The number of nitrogens with one attached hydrogen (secondary N) is 1. The van der Waals surface area contributed by atoms with Gasteiger partial charge in [0, 0.05) is 39.4 Å². The number of fused-ring (bicyclic) bond motifs is 3. The van der Waals surface area contributed by atoms with Crippen LogP contribution in [-0.4, -0.2) is 87.9 Å². The van der Waals surface area contributed by atoms with Crippen LogP contribution in [0.15, 0.2) is 23.1 Å². The Morgan fingerprint density at radius 2 is 1.77 bits per heavy atom. The SMILES string of the molecule is Cc1ccc(NC(=O)C[N+]23CCN(CC2)CC3)cc1S(=O)(=O)N(C)C.[Cl-]. The Labute approximate surface area is 162 Å². The Morgan fingerprint density at radius 1 is 1.19 bits per heavy atom. The number of sulfonamides is 1. The lowest BCUT2D eigenvalue weighted by atomic mass is 10.1. The van der Waals surface area contributed by atoms with Gasteiger partial charge in [-0.1, -0.05) is 6.07 Å². The number of amides is 1. The van der Waals surface area contributed by atoms with Gasteiger partial charge >= 0.3 is 0 Å². The van der Waals surface area contributed by atoms with E-state index in [1.165, 1.54) is 18.4 Å². The van der Waals surface area contributed by atoms with E-state index in [9.17, 15) is 13.2 Å². The van der Waals surface area contributed by atoms with Crippen LogP contribution in [0.3, 0.4) is 0 Å². The quantitative estimate of drug-likeness (QED) is 0.546. The van der Waals surface area contributed by atoms with Crippen LogP contribution in [0.1, 0.15) is 5.56 Å². The zero-order valence-electron chi connectivity index (χ0n) is 15.5. The summed E-state index contributed by atoms with van der Waals surface area (Å²) in [5.74, 6) is -0.0487. The molecule has 146 valence electrons. The second-order valence-corrected chi connectivity index (χ2v) is 9.45.